The van der Waals surface area contributed by atoms with E-state index in [0.29, 0.717) is 6.54 Å². The van der Waals surface area contributed by atoms with Crippen molar-refractivity contribution in [1.82, 2.24) is 0 Å². The molecule has 0 bridgehead atoms. The van der Waals surface area contributed by atoms with Crippen molar-refractivity contribution in [3.05, 3.63) is 50.6 Å². The van der Waals surface area contributed by atoms with Crippen LogP contribution in [-0.4, -0.2) is 6.54 Å². The van der Waals surface area contributed by atoms with Gasteiger partial charge in [0.25, 0.3) is 0 Å². The van der Waals surface area contributed by atoms with Gasteiger partial charge in [0.2, 0.25) is 0 Å². The summed E-state index contributed by atoms with van der Waals surface area (Å²) in [4.78, 5) is 1.14. The topological polar surface area (TPSA) is 35.2 Å². The van der Waals surface area contributed by atoms with Gasteiger partial charge in [0, 0.05) is 21.3 Å². The Morgan fingerprint density at radius 2 is 2.06 bits per heavy atom. The number of hydrogen-bond donors (Lipinski definition) is 1. The van der Waals surface area contributed by atoms with Gasteiger partial charge in [-0.05, 0) is 41.1 Å². The Morgan fingerprint density at radius 3 is 2.59 bits per heavy atom. The fraction of sp³-hybridized carbons (Fsp3) is 0.231. The Bertz CT molecular complexity index is 480. The number of benzene rings is 1. The van der Waals surface area contributed by atoms with E-state index in [1.807, 2.05) is 29.6 Å². The summed E-state index contributed by atoms with van der Waals surface area (Å²) in [6.45, 7) is 2.53. The van der Waals surface area contributed by atoms with Crippen LogP contribution in [0.4, 0.5) is 0 Å². The Balaban J connectivity index is 2.12. The summed E-state index contributed by atoms with van der Waals surface area (Å²) in [6.07, 6.45) is -0.0750. The fourth-order valence-electron chi connectivity index (χ4n) is 1.50. The van der Waals surface area contributed by atoms with E-state index in [9.17, 15) is 0 Å². The van der Waals surface area contributed by atoms with E-state index in [-0.39, 0.29) is 6.10 Å². The maximum absolute atomic E-state index is 5.88. The summed E-state index contributed by atoms with van der Waals surface area (Å²) in [5, 5.41) is 2.04. The van der Waals surface area contributed by atoms with Crippen molar-refractivity contribution in [3.63, 3.8) is 0 Å². The van der Waals surface area contributed by atoms with Gasteiger partial charge in [-0.3, -0.25) is 0 Å². The summed E-state index contributed by atoms with van der Waals surface area (Å²) in [5.41, 5.74) is 6.98. The van der Waals surface area contributed by atoms with Crippen LogP contribution in [0.2, 0.25) is 0 Å². The molecule has 17 heavy (non-hydrogen) atoms. The van der Waals surface area contributed by atoms with Crippen molar-refractivity contribution >= 4 is 27.3 Å². The predicted octanol–water partition coefficient (Wildman–Crippen LogP) is 3.90. The van der Waals surface area contributed by atoms with E-state index in [0.717, 1.165) is 15.1 Å². The lowest BCUT2D eigenvalue weighted by molar-refractivity contribution is 0.218. The maximum Gasteiger partial charge on any atom is 0.145 e. The lowest BCUT2D eigenvalue weighted by Crippen LogP contribution is -2.17. The quantitative estimate of drug-likeness (QED) is 0.929. The predicted molar refractivity (Wildman–Crippen MR) is 75.6 cm³/mol. The molecule has 0 saturated heterocycles. The molecule has 1 atom stereocenters. The zero-order chi connectivity index (χ0) is 12.3. The van der Waals surface area contributed by atoms with E-state index in [1.54, 1.807) is 11.3 Å². The Labute approximate surface area is 114 Å². The first-order valence-corrected chi connectivity index (χ1v) is 7.03. The van der Waals surface area contributed by atoms with Gasteiger partial charge < -0.3 is 10.5 Å². The molecule has 0 aliphatic carbocycles. The van der Waals surface area contributed by atoms with Crippen molar-refractivity contribution in [1.29, 1.82) is 0 Å². The Kier molecular flexibility index (Phi) is 4.20. The van der Waals surface area contributed by atoms with Crippen LogP contribution in [0.5, 0.6) is 5.75 Å². The van der Waals surface area contributed by atoms with Crippen molar-refractivity contribution in [2.24, 2.45) is 5.73 Å². The second kappa shape index (κ2) is 5.67. The van der Waals surface area contributed by atoms with Crippen molar-refractivity contribution in [2.45, 2.75) is 13.0 Å². The highest BCUT2D eigenvalue weighted by Gasteiger charge is 2.13. The largest absolute Gasteiger partial charge is 0.484 e. The van der Waals surface area contributed by atoms with Crippen LogP contribution in [0.3, 0.4) is 0 Å². The van der Waals surface area contributed by atoms with Crippen LogP contribution in [-0.2, 0) is 0 Å². The standard InChI is InChI=1S/C13H14BrNOS/c1-9-2-4-11(5-3-9)16-12(7-15)13-6-10(14)8-17-13/h2-6,8,12H,7,15H2,1H3. The molecule has 0 radical (unpaired) electrons. The van der Waals surface area contributed by atoms with Crippen LogP contribution in [0.1, 0.15) is 16.5 Å². The highest BCUT2D eigenvalue weighted by Crippen LogP contribution is 2.28. The zero-order valence-electron chi connectivity index (χ0n) is 9.52. The van der Waals surface area contributed by atoms with Crippen LogP contribution >= 0.6 is 27.3 Å². The molecule has 2 aromatic rings. The average molecular weight is 312 g/mol. The van der Waals surface area contributed by atoms with Gasteiger partial charge in [-0.15, -0.1) is 11.3 Å². The number of nitrogens with two attached hydrogens (primary N) is 1. The lowest BCUT2D eigenvalue weighted by atomic mass is 10.2. The molecule has 1 aromatic carbocycles. The third-order valence-electron chi connectivity index (χ3n) is 2.42. The van der Waals surface area contributed by atoms with Crippen molar-refractivity contribution < 1.29 is 4.74 Å². The molecule has 0 spiro atoms. The minimum absolute atomic E-state index is 0.0750. The highest BCUT2D eigenvalue weighted by atomic mass is 79.9. The van der Waals surface area contributed by atoms with Gasteiger partial charge in [-0.1, -0.05) is 17.7 Å². The summed E-state index contributed by atoms with van der Waals surface area (Å²) in [5.74, 6) is 0.857. The fourth-order valence-corrected chi connectivity index (χ4v) is 2.99. The molecule has 0 saturated carbocycles. The number of thiophene rings is 1. The average Bonchev–Trinajstić information content (AvgIpc) is 2.75. The summed E-state index contributed by atoms with van der Waals surface area (Å²) in [6, 6.07) is 10.1. The molecule has 1 heterocycles. The van der Waals surface area contributed by atoms with Crippen LogP contribution in [0.25, 0.3) is 0 Å². The van der Waals surface area contributed by atoms with Crippen molar-refractivity contribution in [3.8, 4) is 5.75 Å². The third kappa shape index (κ3) is 3.31. The molecule has 0 aliphatic rings. The first-order chi connectivity index (χ1) is 8.19. The molecule has 90 valence electrons. The van der Waals surface area contributed by atoms with Gasteiger partial charge in [0.15, 0.2) is 0 Å². The molecule has 2 rings (SSSR count). The van der Waals surface area contributed by atoms with Gasteiger partial charge in [0.1, 0.15) is 11.9 Å². The second-order valence-electron chi connectivity index (χ2n) is 3.82. The van der Waals surface area contributed by atoms with E-state index in [4.69, 9.17) is 10.5 Å². The molecule has 0 amide bonds. The summed E-state index contributed by atoms with van der Waals surface area (Å²) >= 11 is 5.09. The lowest BCUT2D eigenvalue weighted by Gasteiger charge is -2.16. The summed E-state index contributed by atoms with van der Waals surface area (Å²) in [7, 11) is 0. The Morgan fingerprint density at radius 1 is 1.35 bits per heavy atom. The summed E-state index contributed by atoms with van der Waals surface area (Å²) < 4.78 is 6.96. The molecular weight excluding hydrogens is 298 g/mol. The zero-order valence-corrected chi connectivity index (χ0v) is 11.9. The van der Waals surface area contributed by atoms with Crippen LogP contribution < -0.4 is 10.5 Å². The van der Waals surface area contributed by atoms with E-state index >= 15 is 0 Å². The Hall–Kier alpha value is -0.840. The first kappa shape index (κ1) is 12.6. The monoisotopic (exact) mass is 311 g/mol. The molecule has 0 fully saturated rings. The third-order valence-corrected chi connectivity index (χ3v) is 4.20. The van der Waals surface area contributed by atoms with Crippen LogP contribution in [0.15, 0.2) is 40.2 Å². The molecular formula is C13H14BrNOS. The second-order valence-corrected chi connectivity index (χ2v) is 5.68. The first-order valence-electron chi connectivity index (χ1n) is 5.36. The SMILES string of the molecule is Cc1ccc(OC(CN)c2cc(Br)cs2)cc1. The molecule has 2 N–H and O–H groups in total. The smallest absolute Gasteiger partial charge is 0.145 e. The van der Waals surface area contributed by atoms with E-state index < -0.39 is 0 Å². The number of ether oxygens (including phenoxy) is 1. The van der Waals surface area contributed by atoms with Gasteiger partial charge in [-0.2, -0.15) is 0 Å². The maximum atomic E-state index is 5.88. The molecule has 1 unspecified atom stereocenters. The van der Waals surface area contributed by atoms with Gasteiger partial charge in [0.05, 0.1) is 0 Å². The van der Waals surface area contributed by atoms with E-state index in [2.05, 4.69) is 28.9 Å². The van der Waals surface area contributed by atoms with Gasteiger partial charge in [-0.25, -0.2) is 0 Å². The normalized spacial score (nSPS) is 12.4. The minimum Gasteiger partial charge on any atom is -0.484 e. The number of halogens is 1. The van der Waals surface area contributed by atoms with Crippen LogP contribution in [0, 0.1) is 6.92 Å². The molecule has 4 heteroatoms. The molecule has 2 nitrogen and oxygen atoms in total. The highest BCUT2D eigenvalue weighted by molar-refractivity contribution is 9.10. The number of aryl methyl sites for hydroxylation is 1. The van der Waals surface area contributed by atoms with Crippen molar-refractivity contribution in [2.75, 3.05) is 6.54 Å². The number of rotatable bonds is 4. The number of hydrogen-bond acceptors (Lipinski definition) is 3. The molecule has 1 aromatic heterocycles. The van der Waals surface area contributed by atoms with E-state index in [1.165, 1.54) is 5.56 Å². The minimum atomic E-state index is -0.0750. The molecule has 0 aliphatic heterocycles. The van der Waals surface area contributed by atoms with Gasteiger partial charge >= 0.3 is 0 Å².